The second-order valence-electron chi connectivity index (χ2n) is 24.9. The molecule has 0 aliphatic carbocycles. The molecular weight excluding hydrogens is 937 g/mol. The summed E-state index contributed by atoms with van der Waals surface area (Å²) in [6.45, 7) is 31.7. The third kappa shape index (κ3) is 12.6. The van der Waals surface area contributed by atoms with Crippen LogP contribution < -0.4 is 31.9 Å². The van der Waals surface area contributed by atoms with Crippen LogP contribution in [-0.2, 0) is 21.7 Å². The highest BCUT2D eigenvalue weighted by atomic mass is 16.2. The summed E-state index contributed by atoms with van der Waals surface area (Å²) in [5.74, 6) is 0. The largest absolute Gasteiger partial charge is 0.338 e. The number of fused-ring (bicyclic) bond motifs is 4. The zero-order valence-corrected chi connectivity index (χ0v) is 47.5. The van der Waals surface area contributed by atoms with E-state index >= 15 is 0 Å². The summed E-state index contributed by atoms with van der Waals surface area (Å²) in [6, 6.07) is 42.2. The number of urea groups is 3. The van der Waals surface area contributed by atoms with Gasteiger partial charge in [0.1, 0.15) is 0 Å². The molecule has 9 nitrogen and oxygen atoms in total. The maximum Gasteiger partial charge on any atom is 0.323 e. The molecule has 9 heteroatoms. The fraction of sp³-hybridized carbons (Fsp3) is 0.358. The van der Waals surface area contributed by atoms with Gasteiger partial charge in [-0.25, -0.2) is 14.4 Å². The minimum atomic E-state index is -0.350. The van der Waals surface area contributed by atoms with Crippen LogP contribution in [0.15, 0.2) is 121 Å². The van der Waals surface area contributed by atoms with E-state index in [1.807, 2.05) is 0 Å². The second-order valence-corrected chi connectivity index (χ2v) is 24.9. The standard InChI is InChI=1S/C67H80N6O3/c1-15-17-27-68-61(74)70-57-37-49(64(3,4)5)29-45-23-19-41(33-53(45)57)43-21-25-47-31-51(66(9,10)11)39-59(55(47)35-43)72-63(76)73-60-40-52(67(12,13)14)32-48-26-22-44(36-56(48)60)42-20-24-46-30-50(65(6,7)8)38-58(54(46)34-42)71-62(75)69-28-18-16-2/h19-26,29-40H,15-18,27-28H2,1-14H3,(H2,68,70,74)(H2,69,71,75)(H2,72,73,76). The first-order valence-electron chi connectivity index (χ1n) is 27.3. The smallest absolute Gasteiger partial charge is 0.323 e. The van der Waals surface area contributed by atoms with Crippen LogP contribution in [-0.4, -0.2) is 31.2 Å². The van der Waals surface area contributed by atoms with E-state index in [0.29, 0.717) is 24.5 Å². The molecule has 6 amide bonds. The van der Waals surface area contributed by atoms with Gasteiger partial charge in [-0.05, 0) is 149 Å². The predicted molar refractivity (Wildman–Crippen MR) is 325 cm³/mol. The van der Waals surface area contributed by atoms with Crippen molar-refractivity contribution >= 4 is 83.9 Å². The molecule has 0 saturated carbocycles. The van der Waals surface area contributed by atoms with Gasteiger partial charge in [-0.15, -0.1) is 0 Å². The van der Waals surface area contributed by atoms with Gasteiger partial charge in [-0.2, -0.15) is 0 Å². The Bertz CT molecular complexity index is 3280. The molecule has 0 aliphatic rings. The third-order valence-corrected chi connectivity index (χ3v) is 14.6. The summed E-state index contributed by atoms with van der Waals surface area (Å²) in [4.78, 5) is 41.1. The number of benzene rings is 8. The lowest BCUT2D eigenvalue weighted by molar-refractivity contribution is 0.251. The Morgan fingerprint density at radius 1 is 0.329 bits per heavy atom. The van der Waals surface area contributed by atoms with Crippen molar-refractivity contribution in [2.75, 3.05) is 34.4 Å². The summed E-state index contributed by atoms with van der Waals surface area (Å²) >= 11 is 0. The van der Waals surface area contributed by atoms with Crippen LogP contribution in [0.5, 0.6) is 0 Å². The number of hydrogen-bond donors (Lipinski definition) is 6. The molecule has 8 aromatic rings. The Kier molecular flexibility index (Phi) is 15.7. The summed E-state index contributed by atoms with van der Waals surface area (Å²) in [5.41, 5.74) is 10.7. The molecule has 8 aromatic carbocycles. The van der Waals surface area contributed by atoms with Crippen LogP contribution in [0.4, 0.5) is 37.1 Å². The van der Waals surface area contributed by atoms with Crippen LogP contribution in [0, 0.1) is 0 Å². The molecule has 0 aromatic heterocycles. The van der Waals surface area contributed by atoms with Gasteiger partial charge in [0.05, 0.1) is 22.7 Å². The molecule has 0 spiro atoms. The molecule has 8 rings (SSSR count). The summed E-state index contributed by atoms with van der Waals surface area (Å²) in [7, 11) is 0. The molecule has 396 valence electrons. The molecule has 0 aliphatic heterocycles. The lowest BCUT2D eigenvalue weighted by Crippen LogP contribution is -2.29. The first-order valence-corrected chi connectivity index (χ1v) is 27.3. The van der Waals surface area contributed by atoms with Crippen molar-refractivity contribution in [1.29, 1.82) is 0 Å². The van der Waals surface area contributed by atoms with Crippen molar-refractivity contribution in [3.63, 3.8) is 0 Å². The molecule has 76 heavy (non-hydrogen) atoms. The van der Waals surface area contributed by atoms with Gasteiger partial charge in [0.2, 0.25) is 0 Å². The number of amides is 6. The van der Waals surface area contributed by atoms with Crippen molar-refractivity contribution < 1.29 is 14.4 Å². The molecule has 0 fully saturated rings. The number of carbonyl (C=O) groups is 3. The predicted octanol–water partition coefficient (Wildman–Crippen LogP) is 18.3. The molecule has 0 radical (unpaired) electrons. The van der Waals surface area contributed by atoms with Gasteiger partial charge in [-0.3, -0.25) is 0 Å². The topological polar surface area (TPSA) is 123 Å². The summed E-state index contributed by atoms with van der Waals surface area (Å²) < 4.78 is 0. The highest BCUT2D eigenvalue weighted by Gasteiger charge is 2.23. The van der Waals surface area contributed by atoms with Crippen LogP contribution in [0.2, 0.25) is 0 Å². The van der Waals surface area contributed by atoms with E-state index in [1.54, 1.807) is 0 Å². The number of anilines is 4. The molecule has 0 bridgehead atoms. The monoisotopic (exact) mass is 1020 g/mol. The highest BCUT2D eigenvalue weighted by molar-refractivity contribution is 6.12. The Hall–Kier alpha value is -7.39. The van der Waals surface area contributed by atoms with E-state index in [-0.39, 0.29) is 39.8 Å². The molecule has 0 saturated heterocycles. The Labute approximate surface area is 451 Å². The summed E-state index contributed by atoms with van der Waals surface area (Å²) in [5, 5.41) is 26.9. The number of unbranched alkanes of at least 4 members (excludes halogenated alkanes) is 2. The second kappa shape index (κ2) is 21.7. The zero-order chi connectivity index (χ0) is 54.9. The Morgan fingerprint density at radius 3 is 0.789 bits per heavy atom. The molecule has 0 unspecified atom stereocenters. The Morgan fingerprint density at radius 2 is 0.566 bits per heavy atom. The maximum atomic E-state index is 14.7. The normalized spacial score (nSPS) is 12.3. The minimum Gasteiger partial charge on any atom is -0.338 e. The SMILES string of the molecule is CCCCNC(=O)Nc1cc(C(C)(C)C)cc2ccc(-c3ccc4cc(C(C)(C)C)cc(NC(=O)Nc5cc(C(C)(C)C)cc6ccc(-c7ccc8cc(C(C)(C)C)cc(NC(=O)NCCCC)c8c7)cc56)c4c3)cc12. The molecule has 0 heterocycles. The van der Waals surface area contributed by atoms with Crippen LogP contribution in [0.3, 0.4) is 0 Å². The Balaban J connectivity index is 1.17. The van der Waals surface area contributed by atoms with Crippen LogP contribution in [0.1, 0.15) is 145 Å². The van der Waals surface area contributed by atoms with Gasteiger partial charge in [0.25, 0.3) is 0 Å². The van der Waals surface area contributed by atoms with Crippen molar-refractivity contribution in [3.05, 3.63) is 144 Å². The number of rotatable bonds is 12. The van der Waals surface area contributed by atoms with E-state index < -0.39 is 0 Å². The van der Waals surface area contributed by atoms with E-state index in [2.05, 4.69) is 250 Å². The average molecular weight is 1020 g/mol. The molecular formula is C67H80N6O3. The molecule has 6 N–H and O–H groups in total. The zero-order valence-electron chi connectivity index (χ0n) is 47.5. The minimum absolute atomic E-state index is 0.124. The van der Waals surface area contributed by atoms with Gasteiger partial charge in [0.15, 0.2) is 0 Å². The van der Waals surface area contributed by atoms with E-state index in [9.17, 15) is 14.4 Å². The number of hydrogen-bond acceptors (Lipinski definition) is 3. The highest BCUT2D eigenvalue weighted by Crippen LogP contribution is 2.41. The lowest BCUT2D eigenvalue weighted by Gasteiger charge is -2.23. The lowest BCUT2D eigenvalue weighted by atomic mass is 9.84. The van der Waals surface area contributed by atoms with Crippen molar-refractivity contribution in [1.82, 2.24) is 10.6 Å². The van der Waals surface area contributed by atoms with Crippen LogP contribution >= 0.6 is 0 Å². The van der Waals surface area contributed by atoms with Crippen molar-refractivity contribution in [2.24, 2.45) is 0 Å². The quantitative estimate of drug-likeness (QED) is 0.0683. The summed E-state index contributed by atoms with van der Waals surface area (Å²) in [6.07, 6.45) is 3.82. The maximum absolute atomic E-state index is 14.7. The van der Waals surface area contributed by atoms with Gasteiger partial charge in [-0.1, -0.05) is 183 Å². The van der Waals surface area contributed by atoms with Crippen molar-refractivity contribution in [3.8, 4) is 22.3 Å². The first kappa shape index (κ1) is 54.9. The molecule has 0 atom stereocenters. The van der Waals surface area contributed by atoms with Crippen LogP contribution in [0.25, 0.3) is 65.3 Å². The van der Waals surface area contributed by atoms with Crippen molar-refractivity contribution in [2.45, 2.75) is 144 Å². The van der Waals surface area contributed by atoms with Gasteiger partial charge in [0, 0.05) is 34.6 Å². The fourth-order valence-electron chi connectivity index (χ4n) is 9.66. The van der Waals surface area contributed by atoms with Gasteiger partial charge < -0.3 is 31.9 Å². The first-order chi connectivity index (χ1) is 35.8. The van der Waals surface area contributed by atoms with E-state index in [4.69, 9.17) is 0 Å². The third-order valence-electron chi connectivity index (χ3n) is 14.6. The fourth-order valence-corrected chi connectivity index (χ4v) is 9.66. The van der Waals surface area contributed by atoms with E-state index in [0.717, 1.165) is 125 Å². The number of nitrogens with one attached hydrogen (secondary N) is 6. The average Bonchev–Trinajstić information content (AvgIpc) is 3.37. The number of carbonyl (C=O) groups excluding carboxylic acids is 3. The van der Waals surface area contributed by atoms with Gasteiger partial charge >= 0.3 is 18.1 Å². The van der Waals surface area contributed by atoms with E-state index in [1.165, 1.54) is 0 Å².